The Morgan fingerprint density at radius 1 is 1.42 bits per heavy atom. The molecule has 2 nitrogen and oxygen atoms in total. The normalized spacial score (nSPS) is 26.1. The first kappa shape index (κ1) is 7.35. The molecular formula is C10H11NO. The quantitative estimate of drug-likeness (QED) is 0.636. The highest BCUT2D eigenvalue weighted by Gasteiger charge is 2.27. The van der Waals surface area contributed by atoms with E-state index in [9.17, 15) is 4.79 Å². The van der Waals surface area contributed by atoms with E-state index in [1.54, 1.807) is 0 Å². The Labute approximate surface area is 71.6 Å². The van der Waals surface area contributed by atoms with Crippen molar-refractivity contribution in [3.63, 3.8) is 0 Å². The van der Waals surface area contributed by atoms with Gasteiger partial charge in [-0.2, -0.15) is 0 Å². The van der Waals surface area contributed by atoms with Gasteiger partial charge in [-0.15, -0.1) is 0 Å². The topological polar surface area (TPSA) is 29.1 Å². The third-order valence-electron chi connectivity index (χ3n) is 2.39. The molecule has 2 rings (SSSR count). The Hall–Kier alpha value is -1.31. The Kier molecular flexibility index (Phi) is 1.61. The zero-order valence-corrected chi connectivity index (χ0v) is 6.95. The molecule has 1 heterocycles. The van der Waals surface area contributed by atoms with Gasteiger partial charge in [-0.3, -0.25) is 0 Å². The van der Waals surface area contributed by atoms with Gasteiger partial charge in [0.2, 0.25) is 0 Å². The van der Waals surface area contributed by atoms with Crippen molar-refractivity contribution in [3.05, 3.63) is 29.8 Å². The summed E-state index contributed by atoms with van der Waals surface area (Å²) in [7, 11) is 0. The molecule has 1 aromatic rings. The SMILES string of the molecule is CC1Nc2ccccc2C1C=O. The minimum absolute atomic E-state index is 0.0289. The predicted molar refractivity (Wildman–Crippen MR) is 48.3 cm³/mol. The zero-order chi connectivity index (χ0) is 8.55. The van der Waals surface area contributed by atoms with E-state index >= 15 is 0 Å². The number of para-hydroxylation sites is 1. The van der Waals surface area contributed by atoms with Crippen LogP contribution >= 0.6 is 0 Å². The molecular weight excluding hydrogens is 150 g/mol. The molecule has 0 fully saturated rings. The van der Waals surface area contributed by atoms with Crippen LogP contribution in [0.15, 0.2) is 24.3 Å². The van der Waals surface area contributed by atoms with E-state index in [4.69, 9.17) is 0 Å². The van der Waals surface area contributed by atoms with Gasteiger partial charge in [0, 0.05) is 11.7 Å². The predicted octanol–water partition coefficient (Wildman–Crippen LogP) is 1.78. The van der Waals surface area contributed by atoms with Crippen LogP contribution in [0.2, 0.25) is 0 Å². The fourth-order valence-electron chi connectivity index (χ4n) is 1.71. The zero-order valence-electron chi connectivity index (χ0n) is 6.95. The molecule has 0 aliphatic carbocycles. The van der Waals surface area contributed by atoms with E-state index in [1.807, 2.05) is 31.2 Å². The molecule has 1 N–H and O–H groups in total. The molecule has 0 saturated heterocycles. The molecule has 0 radical (unpaired) electrons. The van der Waals surface area contributed by atoms with Gasteiger partial charge in [-0.05, 0) is 18.6 Å². The van der Waals surface area contributed by atoms with Gasteiger partial charge in [0.15, 0.2) is 0 Å². The summed E-state index contributed by atoms with van der Waals surface area (Å²) in [5, 5.41) is 3.27. The van der Waals surface area contributed by atoms with Crippen molar-refractivity contribution in [2.45, 2.75) is 18.9 Å². The average Bonchev–Trinajstić information content (AvgIpc) is 2.40. The lowest BCUT2D eigenvalue weighted by Crippen LogP contribution is -2.16. The second-order valence-corrected chi connectivity index (χ2v) is 3.18. The van der Waals surface area contributed by atoms with Crippen LogP contribution in [0, 0.1) is 0 Å². The van der Waals surface area contributed by atoms with Crippen molar-refractivity contribution in [3.8, 4) is 0 Å². The molecule has 2 heteroatoms. The summed E-state index contributed by atoms with van der Waals surface area (Å²) in [4.78, 5) is 10.7. The lowest BCUT2D eigenvalue weighted by atomic mass is 9.98. The first-order valence-electron chi connectivity index (χ1n) is 4.13. The van der Waals surface area contributed by atoms with Crippen molar-refractivity contribution in [1.82, 2.24) is 0 Å². The molecule has 2 atom stereocenters. The van der Waals surface area contributed by atoms with E-state index in [2.05, 4.69) is 5.32 Å². The molecule has 0 bridgehead atoms. The van der Waals surface area contributed by atoms with Crippen molar-refractivity contribution in [1.29, 1.82) is 0 Å². The minimum Gasteiger partial charge on any atom is -0.381 e. The second-order valence-electron chi connectivity index (χ2n) is 3.18. The molecule has 0 aromatic heterocycles. The van der Waals surface area contributed by atoms with Crippen LogP contribution in [-0.4, -0.2) is 12.3 Å². The third kappa shape index (κ3) is 0.916. The van der Waals surface area contributed by atoms with Crippen LogP contribution in [-0.2, 0) is 4.79 Å². The Morgan fingerprint density at radius 3 is 2.92 bits per heavy atom. The lowest BCUT2D eigenvalue weighted by molar-refractivity contribution is -0.109. The summed E-state index contributed by atoms with van der Waals surface area (Å²) >= 11 is 0. The van der Waals surface area contributed by atoms with E-state index in [1.165, 1.54) is 0 Å². The van der Waals surface area contributed by atoms with Gasteiger partial charge in [-0.25, -0.2) is 0 Å². The maximum atomic E-state index is 10.7. The third-order valence-corrected chi connectivity index (χ3v) is 2.39. The molecule has 1 aromatic carbocycles. The van der Waals surface area contributed by atoms with Crippen LogP contribution in [0.1, 0.15) is 18.4 Å². The maximum Gasteiger partial charge on any atom is 0.129 e. The maximum absolute atomic E-state index is 10.7. The highest BCUT2D eigenvalue weighted by Crippen LogP contribution is 2.33. The van der Waals surface area contributed by atoms with Crippen LogP contribution in [0.5, 0.6) is 0 Å². The highest BCUT2D eigenvalue weighted by molar-refractivity contribution is 5.74. The fraction of sp³-hybridized carbons (Fsp3) is 0.300. The van der Waals surface area contributed by atoms with Crippen molar-refractivity contribution >= 4 is 12.0 Å². The van der Waals surface area contributed by atoms with Crippen molar-refractivity contribution in [2.75, 3.05) is 5.32 Å². The molecule has 62 valence electrons. The summed E-state index contributed by atoms with van der Waals surface area (Å²) in [6.45, 7) is 2.03. The standard InChI is InChI=1S/C10H11NO/c1-7-9(6-12)8-4-2-3-5-10(8)11-7/h2-7,9,11H,1H3. The first-order valence-corrected chi connectivity index (χ1v) is 4.13. The van der Waals surface area contributed by atoms with Crippen LogP contribution in [0.4, 0.5) is 5.69 Å². The second kappa shape index (κ2) is 2.63. The number of benzene rings is 1. The number of carbonyl (C=O) groups excluding carboxylic acids is 1. The average molecular weight is 161 g/mol. The van der Waals surface area contributed by atoms with Gasteiger partial charge in [0.05, 0.1) is 5.92 Å². The summed E-state index contributed by atoms with van der Waals surface area (Å²) in [5.74, 6) is 0.0289. The van der Waals surface area contributed by atoms with E-state index in [0.29, 0.717) is 0 Å². The van der Waals surface area contributed by atoms with E-state index < -0.39 is 0 Å². The van der Waals surface area contributed by atoms with Gasteiger partial charge >= 0.3 is 0 Å². The minimum atomic E-state index is 0.0289. The Bertz CT molecular complexity index is 308. The van der Waals surface area contributed by atoms with Gasteiger partial charge < -0.3 is 10.1 Å². The Balaban J connectivity index is 2.47. The molecule has 0 amide bonds. The number of rotatable bonds is 1. The van der Waals surface area contributed by atoms with Gasteiger partial charge in [0.1, 0.15) is 6.29 Å². The number of hydrogen-bond donors (Lipinski definition) is 1. The molecule has 0 spiro atoms. The molecule has 2 unspecified atom stereocenters. The number of hydrogen-bond acceptors (Lipinski definition) is 2. The first-order chi connectivity index (χ1) is 5.83. The summed E-state index contributed by atoms with van der Waals surface area (Å²) < 4.78 is 0. The number of fused-ring (bicyclic) bond motifs is 1. The number of carbonyl (C=O) groups is 1. The Morgan fingerprint density at radius 2 is 2.17 bits per heavy atom. The molecule has 1 aliphatic rings. The smallest absolute Gasteiger partial charge is 0.129 e. The number of aldehydes is 1. The highest BCUT2D eigenvalue weighted by atomic mass is 16.1. The van der Waals surface area contributed by atoms with Crippen LogP contribution in [0.25, 0.3) is 0 Å². The fourth-order valence-corrected chi connectivity index (χ4v) is 1.71. The van der Waals surface area contributed by atoms with Gasteiger partial charge in [0.25, 0.3) is 0 Å². The monoisotopic (exact) mass is 161 g/mol. The van der Waals surface area contributed by atoms with Crippen molar-refractivity contribution < 1.29 is 4.79 Å². The molecule has 12 heavy (non-hydrogen) atoms. The number of anilines is 1. The molecule has 1 aliphatic heterocycles. The van der Waals surface area contributed by atoms with E-state index in [-0.39, 0.29) is 12.0 Å². The van der Waals surface area contributed by atoms with E-state index in [0.717, 1.165) is 17.5 Å². The lowest BCUT2D eigenvalue weighted by Gasteiger charge is -2.07. The summed E-state index contributed by atoms with van der Waals surface area (Å²) in [6.07, 6.45) is 1.02. The molecule has 0 saturated carbocycles. The summed E-state index contributed by atoms with van der Waals surface area (Å²) in [5.41, 5.74) is 2.22. The van der Waals surface area contributed by atoms with Crippen molar-refractivity contribution in [2.24, 2.45) is 0 Å². The van der Waals surface area contributed by atoms with Gasteiger partial charge in [-0.1, -0.05) is 18.2 Å². The van der Waals surface area contributed by atoms with Crippen LogP contribution < -0.4 is 5.32 Å². The largest absolute Gasteiger partial charge is 0.381 e. The number of nitrogens with one attached hydrogen (secondary N) is 1. The summed E-state index contributed by atoms with van der Waals surface area (Å²) in [6, 6.07) is 8.20. The van der Waals surface area contributed by atoms with Crippen LogP contribution in [0.3, 0.4) is 0 Å².